The molecule has 1 N–H and O–H groups in total. The highest BCUT2D eigenvalue weighted by atomic mass is 16.1. The molecule has 4 aromatic rings. The summed E-state index contributed by atoms with van der Waals surface area (Å²) in [5, 5.41) is 7.78. The molecule has 3 heterocycles. The molecule has 1 amide bonds. The van der Waals surface area contributed by atoms with Crippen LogP contribution in [0.5, 0.6) is 0 Å². The number of benzene rings is 1. The number of carbonyl (C=O) groups is 1. The van der Waals surface area contributed by atoms with Crippen LogP contribution in [0.25, 0.3) is 16.9 Å². The maximum absolute atomic E-state index is 13.1. The molecule has 0 atom stereocenters. The van der Waals surface area contributed by atoms with Crippen LogP contribution in [0.15, 0.2) is 48.7 Å². The second-order valence-corrected chi connectivity index (χ2v) is 8.51. The average Bonchev–Trinajstić information content (AvgIpc) is 3.22. The minimum absolute atomic E-state index is 0.0733. The molecule has 6 heteroatoms. The van der Waals surface area contributed by atoms with Crippen molar-refractivity contribution >= 4 is 17.4 Å². The Morgan fingerprint density at radius 1 is 1.06 bits per heavy atom. The first-order chi connectivity index (χ1) is 14.8. The van der Waals surface area contributed by atoms with Gasteiger partial charge in [-0.2, -0.15) is 5.10 Å². The third kappa shape index (κ3) is 4.10. The topological polar surface area (TPSA) is 64.2 Å². The lowest BCUT2D eigenvalue weighted by molar-refractivity contribution is -0.115. The van der Waals surface area contributed by atoms with E-state index in [-0.39, 0.29) is 12.3 Å². The summed E-state index contributed by atoms with van der Waals surface area (Å²) in [4.78, 5) is 18.0. The summed E-state index contributed by atoms with van der Waals surface area (Å²) in [5.41, 5.74) is 6.59. The van der Waals surface area contributed by atoms with Crippen LogP contribution in [-0.2, 0) is 17.8 Å². The van der Waals surface area contributed by atoms with E-state index in [1.165, 1.54) is 0 Å². The van der Waals surface area contributed by atoms with E-state index in [0.29, 0.717) is 11.7 Å². The Morgan fingerprint density at radius 3 is 2.52 bits per heavy atom. The number of imidazole rings is 1. The number of aryl methyl sites for hydroxylation is 2. The Kier molecular flexibility index (Phi) is 5.63. The molecule has 3 aromatic heterocycles. The van der Waals surface area contributed by atoms with Gasteiger partial charge >= 0.3 is 0 Å². The predicted molar refractivity (Wildman–Crippen MR) is 124 cm³/mol. The molecule has 160 valence electrons. The third-order valence-corrected chi connectivity index (χ3v) is 5.56. The molecule has 0 bridgehead atoms. The van der Waals surface area contributed by atoms with Crippen molar-refractivity contribution < 1.29 is 4.79 Å². The van der Waals surface area contributed by atoms with Gasteiger partial charge in [0.1, 0.15) is 17.2 Å². The minimum atomic E-state index is -0.0733. The second kappa shape index (κ2) is 8.38. The molecule has 0 aliphatic heterocycles. The molecule has 0 spiro atoms. The smallest absolute Gasteiger partial charge is 0.230 e. The van der Waals surface area contributed by atoms with Gasteiger partial charge in [0.15, 0.2) is 0 Å². The normalized spacial score (nSPS) is 11.4. The summed E-state index contributed by atoms with van der Waals surface area (Å²) in [5.74, 6) is 1.12. The van der Waals surface area contributed by atoms with Crippen molar-refractivity contribution in [2.45, 2.75) is 47.6 Å². The van der Waals surface area contributed by atoms with E-state index in [9.17, 15) is 4.79 Å². The number of pyridine rings is 1. The number of aromatic nitrogens is 4. The lowest BCUT2D eigenvalue weighted by atomic mass is 10.1. The van der Waals surface area contributed by atoms with Gasteiger partial charge in [-0.1, -0.05) is 50.2 Å². The molecule has 31 heavy (non-hydrogen) atoms. The van der Waals surface area contributed by atoms with E-state index in [4.69, 9.17) is 4.98 Å². The van der Waals surface area contributed by atoms with Crippen LogP contribution in [0, 0.1) is 26.7 Å². The maximum Gasteiger partial charge on any atom is 0.230 e. The Labute approximate surface area is 182 Å². The number of rotatable bonds is 6. The van der Waals surface area contributed by atoms with E-state index < -0.39 is 0 Å². The number of hydrogen-bond acceptors (Lipinski definition) is 3. The molecule has 0 saturated heterocycles. The minimum Gasteiger partial charge on any atom is -0.310 e. The highest BCUT2D eigenvalue weighted by Gasteiger charge is 2.20. The molecule has 0 aliphatic carbocycles. The number of fused-ring (bicyclic) bond motifs is 1. The second-order valence-electron chi connectivity index (χ2n) is 8.51. The van der Waals surface area contributed by atoms with Crippen LogP contribution in [0.4, 0.5) is 5.82 Å². The van der Waals surface area contributed by atoms with Gasteiger partial charge < -0.3 is 5.32 Å². The van der Waals surface area contributed by atoms with Crippen molar-refractivity contribution in [2.24, 2.45) is 5.92 Å². The zero-order chi connectivity index (χ0) is 22.1. The SMILES string of the molecule is Cc1nn(CC(C)C)c(C)c1CC(=O)Nc1c(-c2ccccc2)nc2c(C)cccn12. The van der Waals surface area contributed by atoms with Gasteiger partial charge in [-0.05, 0) is 38.3 Å². The molecule has 1 aromatic carbocycles. The van der Waals surface area contributed by atoms with Crippen molar-refractivity contribution in [3.8, 4) is 11.3 Å². The number of nitrogens with one attached hydrogen (secondary N) is 1. The van der Waals surface area contributed by atoms with Crippen molar-refractivity contribution in [1.29, 1.82) is 0 Å². The summed E-state index contributed by atoms with van der Waals surface area (Å²) in [7, 11) is 0. The number of nitrogens with zero attached hydrogens (tertiary/aromatic N) is 4. The first-order valence-electron chi connectivity index (χ1n) is 10.7. The van der Waals surface area contributed by atoms with Crippen LogP contribution in [-0.4, -0.2) is 25.1 Å². The Balaban J connectivity index is 1.68. The number of hydrogen-bond donors (Lipinski definition) is 1. The van der Waals surface area contributed by atoms with E-state index in [1.807, 2.05) is 78.5 Å². The lowest BCUT2D eigenvalue weighted by Crippen LogP contribution is -2.17. The summed E-state index contributed by atoms with van der Waals surface area (Å²) in [6.45, 7) is 11.2. The predicted octanol–water partition coefficient (Wildman–Crippen LogP) is 4.96. The van der Waals surface area contributed by atoms with Crippen molar-refractivity contribution in [1.82, 2.24) is 19.2 Å². The standard InChI is InChI=1S/C25H29N5O/c1-16(2)15-30-19(5)21(18(4)28-30)14-22(31)26-25-23(20-11-7-6-8-12-20)27-24-17(3)10-9-13-29(24)25/h6-13,16H,14-15H2,1-5H3,(H,26,31). The molecule has 0 fully saturated rings. The number of amides is 1. The average molecular weight is 416 g/mol. The van der Waals surface area contributed by atoms with Gasteiger partial charge in [-0.15, -0.1) is 0 Å². The molecule has 6 nitrogen and oxygen atoms in total. The summed E-state index contributed by atoms with van der Waals surface area (Å²) in [6, 6.07) is 14.0. The third-order valence-electron chi connectivity index (χ3n) is 5.56. The monoisotopic (exact) mass is 415 g/mol. The molecule has 4 rings (SSSR count). The van der Waals surface area contributed by atoms with Crippen LogP contribution < -0.4 is 5.32 Å². The van der Waals surface area contributed by atoms with Gasteiger partial charge in [0.25, 0.3) is 0 Å². The van der Waals surface area contributed by atoms with Gasteiger partial charge in [0.2, 0.25) is 5.91 Å². The first kappa shape index (κ1) is 20.8. The van der Waals surface area contributed by atoms with E-state index in [1.54, 1.807) is 0 Å². The van der Waals surface area contributed by atoms with E-state index >= 15 is 0 Å². The lowest BCUT2D eigenvalue weighted by Gasteiger charge is -2.10. The maximum atomic E-state index is 13.1. The number of anilines is 1. The van der Waals surface area contributed by atoms with Gasteiger partial charge in [0, 0.05) is 29.6 Å². The quantitative estimate of drug-likeness (QED) is 0.484. The first-order valence-corrected chi connectivity index (χ1v) is 10.7. The van der Waals surface area contributed by atoms with Gasteiger partial charge in [0.05, 0.1) is 12.1 Å². The van der Waals surface area contributed by atoms with Crippen molar-refractivity contribution in [2.75, 3.05) is 5.32 Å². The van der Waals surface area contributed by atoms with Crippen molar-refractivity contribution in [3.05, 3.63) is 71.2 Å². The van der Waals surface area contributed by atoms with Crippen LogP contribution in [0.2, 0.25) is 0 Å². The molecule has 0 saturated carbocycles. The summed E-state index contributed by atoms with van der Waals surface area (Å²) < 4.78 is 3.97. The summed E-state index contributed by atoms with van der Waals surface area (Å²) >= 11 is 0. The largest absolute Gasteiger partial charge is 0.310 e. The zero-order valence-corrected chi connectivity index (χ0v) is 18.8. The highest BCUT2D eigenvalue weighted by molar-refractivity contribution is 5.96. The Morgan fingerprint density at radius 2 is 1.81 bits per heavy atom. The van der Waals surface area contributed by atoms with E-state index in [2.05, 4.69) is 24.3 Å². The Bertz CT molecular complexity index is 1230. The fourth-order valence-corrected chi connectivity index (χ4v) is 3.97. The van der Waals surface area contributed by atoms with Crippen LogP contribution in [0.3, 0.4) is 0 Å². The molecule has 0 aliphatic rings. The van der Waals surface area contributed by atoms with Crippen molar-refractivity contribution in [3.63, 3.8) is 0 Å². The zero-order valence-electron chi connectivity index (χ0n) is 18.8. The molecular weight excluding hydrogens is 386 g/mol. The van der Waals surface area contributed by atoms with Crippen LogP contribution in [0.1, 0.15) is 36.4 Å². The molecule has 0 radical (unpaired) electrons. The Hall–Kier alpha value is -3.41. The number of carbonyl (C=O) groups excluding carboxylic acids is 1. The highest BCUT2D eigenvalue weighted by Crippen LogP contribution is 2.30. The fourth-order valence-electron chi connectivity index (χ4n) is 3.97. The van der Waals surface area contributed by atoms with Gasteiger partial charge in [-0.3, -0.25) is 13.9 Å². The van der Waals surface area contributed by atoms with Gasteiger partial charge in [-0.25, -0.2) is 4.98 Å². The fraction of sp³-hybridized carbons (Fsp3) is 0.320. The van der Waals surface area contributed by atoms with E-state index in [0.717, 1.165) is 46.0 Å². The van der Waals surface area contributed by atoms with Crippen LogP contribution >= 0.6 is 0 Å². The summed E-state index contributed by atoms with van der Waals surface area (Å²) in [6.07, 6.45) is 2.22. The molecule has 0 unspecified atom stereocenters. The molecular formula is C25H29N5O.